The van der Waals surface area contributed by atoms with Crippen LogP contribution in [-0.2, 0) is 21.4 Å². The second-order valence-corrected chi connectivity index (χ2v) is 7.05. The molecule has 0 atom stereocenters. The van der Waals surface area contributed by atoms with Crippen molar-refractivity contribution in [3.63, 3.8) is 0 Å². The lowest BCUT2D eigenvalue weighted by molar-refractivity contribution is 0.0730. The maximum absolute atomic E-state index is 12.3. The summed E-state index contributed by atoms with van der Waals surface area (Å²) in [4.78, 5) is 1.71. The van der Waals surface area contributed by atoms with E-state index in [1.807, 2.05) is 0 Å². The van der Waals surface area contributed by atoms with Gasteiger partial charge in [0.2, 0.25) is 10.0 Å². The summed E-state index contributed by atoms with van der Waals surface area (Å²) in [5.41, 5.74) is 0. The number of hydrogen-bond acceptors (Lipinski definition) is 5. The number of hydrogen-bond donors (Lipinski definition) is 1. The maximum Gasteiger partial charge on any atom is 0.244 e. The highest BCUT2D eigenvalue weighted by Crippen LogP contribution is 2.28. The van der Waals surface area contributed by atoms with Crippen LogP contribution in [0.3, 0.4) is 0 Å². The lowest BCUT2D eigenvalue weighted by Gasteiger charge is -2.25. The van der Waals surface area contributed by atoms with Crippen LogP contribution in [0, 0.1) is 6.92 Å². The third-order valence-electron chi connectivity index (χ3n) is 2.67. The maximum atomic E-state index is 12.3. The van der Waals surface area contributed by atoms with Gasteiger partial charge in [0.25, 0.3) is 0 Å². The molecule has 0 aliphatic carbocycles. The molecule has 7 heteroatoms. The van der Waals surface area contributed by atoms with E-state index in [9.17, 15) is 8.42 Å². The van der Waals surface area contributed by atoms with Crippen LogP contribution in [0.5, 0.6) is 0 Å². The Morgan fingerprint density at radius 1 is 1.47 bits per heavy atom. The van der Waals surface area contributed by atoms with E-state index in [1.54, 1.807) is 13.0 Å². The first-order valence-corrected chi connectivity index (χ1v) is 7.59. The lowest BCUT2D eigenvalue weighted by atomic mass is 10.4. The molecule has 1 fully saturated rings. The van der Waals surface area contributed by atoms with Crippen molar-refractivity contribution < 1.29 is 18.3 Å². The van der Waals surface area contributed by atoms with Crippen molar-refractivity contribution in [2.75, 3.05) is 26.3 Å². The quantitative estimate of drug-likeness (QED) is 0.877. The van der Waals surface area contributed by atoms with Gasteiger partial charge in [-0.3, -0.25) is 0 Å². The van der Waals surface area contributed by atoms with Gasteiger partial charge < -0.3 is 9.84 Å². The van der Waals surface area contributed by atoms with Gasteiger partial charge in [0.15, 0.2) is 0 Å². The van der Waals surface area contributed by atoms with E-state index in [4.69, 9.17) is 9.84 Å². The van der Waals surface area contributed by atoms with Gasteiger partial charge in [-0.25, -0.2) is 8.42 Å². The number of thiophene rings is 1. The third kappa shape index (κ3) is 2.53. The van der Waals surface area contributed by atoms with Crippen LogP contribution in [0.25, 0.3) is 0 Å². The highest BCUT2D eigenvalue weighted by molar-refractivity contribution is 7.89. The summed E-state index contributed by atoms with van der Waals surface area (Å²) in [6.07, 6.45) is 0. The largest absolute Gasteiger partial charge is 0.391 e. The van der Waals surface area contributed by atoms with Crippen molar-refractivity contribution in [3.05, 3.63) is 15.8 Å². The molecule has 17 heavy (non-hydrogen) atoms. The molecule has 1 saturated heterocycles. The summed E-state index contributed by atoms with van der Waals surface area (Å²) < 4.78 is 31.2. The average molecular weight is 277 g/mol. The normalized spacial score (nSPS) is 18.5. The Morgan fingerprint density at radius 3 is 2.65 bits per heavy atom. The van der Waals surface area contributed by atoms with E-state index in [1.165, 1.54) is 15.6 Å². The topological polar surface area (TPSA) is 66.8 Å². The summed E-state index contributed by atoms with van der Waals surface area (Å²) in [6.45, 7) is 3.31. The number of sulfonamides is 1. The second kappa shape index (κ2) is 5.03. The van der Waals surface area contributed by atoms with E-state index < -0.39 is 10.0 Å². The van der Waals surface area contributed by atoms with Gasteiger partial charge in [0.05, 0.1) is 24.7 Å². The molecule has 1 aliphatic rings. The Hall–Kier alpha value is -0.470. The Balaban J connectivity index is 2.33. The van der Waals surface area contributed by atoms with Gasteiger partial charge in [-0.2, -0.15) is 4.31 Å². The first kappa shape index (κ1) is 13.0. The highest BCUT2D eigenvalue weighted by Gasteiger charge is 2.28. The zero-order chi connectivity index (χ0) is 12.5. The molecule has 96 valence electrons. The van der Waals surface area contributed by atoms with Crippen molar-refractivity contribution in [2.45, 2.75) is 18.4 Å². The van der Waals surface area contributed by atoms with Crippen molar-refractivity contribution in [1.82, 2.24) is 4.31 Å². The van der Waals surface area contributed by atoms with E-state index in [-0.39, 0.29) is 6.61 Å². The van der Waals surface area contributed by atoms with E-state index in [2.05, 4.69) is 0 Å². The van der Waals surface area contributed by atoms with Crippen LogP contribution in [0.15, 0.2) is 11.0 Å². The molecule has 2 rings (SSSR count). The summed E-state index contributed by atoms with van der Waals surface area (Å²) in [5.74, 6) is 0. The van der Waals surface area contributed by atoms with Gasteiger partial charge in [0.1, 0.15) is 0 Å². The molecule has 0 bridgehead atoms. The molecule has 2 heterocycles. The number of nitrogens with zero attached hydrogens (tertiary/aromatic N) is 1. The van der Waals surface area contributed by atoms with Gasteiger partial charge in [-0.1, -0.05) is 0 Å². The lowest BCUT2D eigenvalue weighted by Crippen LogP contribution is -2.40. The van der Waals surface area contributed by atoms with Gasteiger partial charge >= 0.3 is 0 Å². The van der Waals surface area contributed by atoms with E-state index in [0.717, 1.165) is 4.88 Å². The smallest absolute Gasteiger partial charge is 0.244 e. The van der Waals surface area contributed by atoms with Gasteiger partial charge in [0, 0.05) is 22.8 Å². The Morgan fingerprint density at radius 2 is 2.12 bits per heavy atom. The number of morpholine rings is 1. The minimum atomic E-state index is -3.43. The number of rotatable bonds is 3. The number of ether oxygens (including phenoxy) is 1. The standard InChI is InChI=1S/C10H15NO4S2/c1-8-10(6-9(7-12)16-8)17(13,14)11-2-4-15-5-3-11/h6,12H,2-5,7H2,1H3. The van der Waals surface area contributed by atoms with Crippen LogP contribution in [0.4, 0.5) is 0 Å². The van der Waals surface area contributed by atoms with Crippen LogP contribution < -0.4 is 0 Å². The molecule has 1 aromatic rings. The van der Waals surface area contributed by atoms with Gasteiger partial charge in [-0.15, -0.1) is 11.3 Å². The van der Waals surface area contributed by atoms with Crippen LogP contribution in [0.2, 0.25) is 0 Å². The van der Waals surface area contributed by atoms with Crippen LogP contribution in [0.1, 0.15) is 9.75 Å². The fraction of sp³-hybridized carbons (Fsp3) is 0.600. The highest BCUT2D eigenvalue weighted by atomic mass is 32.2. The zero-order valence-electron chi connectivity index (χ0n) is 9.55. The number of aliphatic hydroxyl groups is 1. The van der Waals surface area contributed by atoms with Gasteiger partial charge in [-0.05, 0) is 13.0 Å². The predicted octanol–water partition coefficient (Wildman–Crippen LogP) is 0.570. The molecule has 0 spiro atoms. The second-order valence-electron chi connectivity index (χ2n) is 3.81. The van der Waals surface area contributed by atoms with Crippen molar-refractivity contribution in [3.8, 4) is 0 Å². The third-order valence-corrected chi connectivity index (χ3v) is 5.86. The Kier molecular flexibility index (Phi) is 3.84. The van der Waals surface area contributed by atoms with Crippen molar-refractivity contribution in [2.24, 2.45) is 0 Å². The summed E-state index contributed by atoms with van der Waals surface area (Å²) >= 11 is 1.32. The molecule has 5 nitrogen and oxygen atoms in total. The summed E-state index contributed by atoms with van der Waals surface area (Å²) in [7, 11) is -3.43. The van der Waals surface area contributed by atoms with E-state index >= 15 is 0 Å². The summed E-state index contributed by atoms with van der Waals surface area (Å²) in [6, 6.07) is 1.56. The molecule has 0 aromatic carbocycles. The fourth-order valence-corrected chi connectivity index (χ4v) is 4.66. The fourth-order valence-electron chi connectivity index (χ4n) is 1.78. The molecule has 1 aromatic heterocycles. The molecule has 0 radical (unpaired) electrons. The Bertz CT molecular complexity index is 488. The monoisotopic (exact) mass is 277 g/mol. The molecule has 0 unspecified atom stereocenters. The first-order chi connectivity index (χ1) is 8.05. The number of aryl methyl sites for hydroxylation is 1. The molecule has 0 saturated carbocycles. The van der Waals surface area contributed by atoms with Crippen molar-refractivity contribution in [1.29, 1.82) is 0 Å². The molecule has 1 aliphatic heterocycles. The molecular formula is C10H15NO4S2. The molecule has 1 N–H and O–H groups in total. The Labute approximate surface area is 105 Å². The minimum absolute atomic E-state index is 0.121. The minimum Gasteiger partial charge on any atom is -0.391 e. The average Bonchev–Trinajstić information content (AvgIpc) is 2.72. The van der Waals surface area contributed by atoms with E-state index in [0.29, 0.717) is 36.1 Å². The number of aliphatic hydroxyl groups excluding tert-OH is 1. The SMILES string of the molecule is Cc1sc(CO)cc1S(=O)(=O)N1CCOCC1. The van der Waals surface area contributed by atoms with Crippen LogP contribution >= 0.6 is 11.3 Å². The predicted molar refractivity (Wildman–Crippen MR) is 64.6 cm³/mol. The molecular weight excluding hydrogens is 262 g/mol. The van der Waals surface area contributed by atoms with Crippen LogP contribution in [-0.4, -0.2) is 44.1 Å². The van der Waals surface area contributed by atoms with Crippen molar-refractivity contribution >= 4 is 21.4 Å². The summed E-state index contributed by atoms with van der Waals surface area (Å²) in [5, 5.41) is 9.03. The zero-order valence-corrected chi connectivity index (χ0v) is 11.2. The first-order valence-electron chi connectivity index (χ1n) is 5.34. The molecule has 0 amide bonds.